The van der Waals surface area contributed by atoms with Gasteiger partial charge in [-0.2, -0.15) is 0 Å². The molecule has 0 unspecified atom stereocenters. The second kappa shape index (κ2) is 6.45. The Morgan fingerprint density at radius 2 is 1.91 bits per heavy atom. The number of carbonyl (C=O) groups excluding carboxylic acids is 1. The summed E-state index contributed by atoms with van der Waals surface area (Å²) >= 11 is 0. The van der Waals surface area contributed by atoms with Crippen molar-refractivity contribution >= 4 is 16.7 Å². The van der Waals surface area contributed by atoms with Crippen LogP contribution in [0.4, 0.5) is 0 Å². The van der Waals surface area contributed by atoms with E-state index in [4.69, 9.17) is 4.74 Å². The fourth-order valence-electron chi connectivity index (χ4n) is 2.46. The first kappa shape index (κ1) is 14.4. The van der Waals surface area contributed by atoms with Gasteiger partial charge in [0.25, 0.3) is 0 Å². The lowest BCUT2D eigenvalue weighted by Crippen LogP contribution is -2.22. The number of para-hydroxylation sites is 1. The van der Waals surface area contributed by atoms with E-state index < -0.39 is 0 Å². The third-order valence-corrected chi connectivity index (χ3v) is 3.66. The van der Waals surface area contributed by atoms with Gasteiger partial charge in [0.2, 0.25) is 0 Å². The first-order chi connectivity index (χ1) is 10.8. The maximum atomic E-state index is 12.3. The fraction of sp³-hybridized carbons (Fsp3) is 0.167. The number of aromatic nitrogens is 1. The SMILES string of the molecule is COc1ccc(CNCC(=O)c2c[nH]c3ccccc23)cc1. The van der Waals surface area contributed by atoms with Crippen molar-refractivity contribution < 1.29 is 9.53 Å². The first-order valence-electron chi connectivity index (χ1n) is 7.21. The zero-order valence-corrected chi connectivity index (χ0v) is 12.4. The molecule has 4 heteroatoms. The molecule has 0 aliphatic heterocycles. The lowest BCUT2D eigenvalue weighted by molar-refractivity contribution is 0.0992. The highest BCUT2D eigenvalue weighted by Gasteiger charge is 2.10. The topological polar surface area (TPSA) is 54.1 Å². The monoisotopic (exact) mass is 294 g/mol. The number of Topliss-reactive ketones (excluding diaryl/α,β-unsaturated/α-hetero) is 1. The number of ether oxygens (including phenoxy) is 1. The van der Waals surface area contributed by atoms with Crippen molar-refractivity contribution in [2.45, 2.75) is 6.54 Å². The molecule has 22 heavy (non-hydrogen) atoms. The van der Waals surface area contributed by atoms with Crippen molar-refractivity contribution in [2.75, 3.05) is 13.7 Å². The Labute approximate surface area is 129 Å². The standard InChI is InChI=1S/C18H18N2O2/c1-22-14-8-6-13(7-9-14)10-19-12-18(21)16-11-20-17-5-3-2-4-15(16)17/h2-9,11,19-20H,10,12H2,1H3. The van der Waals surface area contributed by atoms with Gasteiger partial charge in [-0.1, -0.05) is 30.3 Å². The van der Waals surface area contributed by atoms with Crippen LogP contribution in [0.5, 0.6) is 5.75 Å². The van der Waals surface area contributed by atoms with Crippen molar-refractivity contribution in [3.63, 3.8) is 0 Å². The Morgan fingerprint density at radius 1 is 1.14 bits per heavy atom. The zero-order valence-electron chi connectivity index (χ0n) is 12.4. The Balaban J connectivity index is 1.60. The lowest BCUT2D eigenvalue weighted by atomic mass is 10.1. The predicted octanol–water partition coefficient (Wildman–Crippen LogP) is 3.15. The molecule has 1 aromatic heterocycles. The van der Waals surface area contributed by atoms with Crippen LogP contribution >= 0.6 is 0 Å². The first-order valence-corrected chi connectivity index (χ1v) is 7.21. The Kier molecular flexibility index (Phi) is 4.21. The largest absolute Gasteiger partial charge is 0.497 e. The molecule has 0 spiro atoms. The summed E-state index contributed by atoms with van der Waals surface area (Å²) in [5.41, 5.74) is 2.84. The smallest absolute Gasteiger partial charge is 0.178 e. The van der Waals surface area contributed by atoms with Crippen LogP contribution in [0.15, 0.2) is 54.7 Å². The summed E-state index contributed by atoms with van der Waals surface area (Å²) in [5.74, 6) is 0.921. The lowest BCUT2D eigenvalue weighted by Gasteiger charge is -2.05. The average molecular weight is 294 g/mol. The van der Waals surface area contributed by atoms with Crippen molar-refractivity contribution in [1.82, 2.24) is 10.3 Å². The highest BCUT2D eigenvalue weighted by Crippen LogP contribution is 2.18. The summed E-state index contributed by atoms with van der Waals surface area (Å²) in [6.45, 7) is 0.964. The molecule has 3 aromatic rings. The van der Waals surface area contributed by atoms with Gasteiger partial charge in [-0.15, -0.1) is 0 Å². The molecule has 1 heterocycles. The molecule has 0 aliphatic rings. The van der Waals surface area contributed by atoms with Crippen molar-refractivity contribution in [2.24, 2.45) is 0 Å². The minimum Gasteiger partial charge on any atom is -0.497 e. The molecule has 112 valence electrons. The minimum absolute atomic E-state index is 0.0889. The van der Waals surface area contributed by atoms with Crippen LogP contribution in [-0.2, 0) is 6.54 Å². The van der Waals surface area contributed by atoms with Crippen molar-refractivity contribution in [3.05, 3.63) is 65.9 Å². The van der Waals surface area contributed by atoms with Crippen LogP contribution in [0.1, 0.15) is 15.9 Å². The van der Waals surface area contributed by atoms with E-state index in [1.807, 2.05) is 48.5 Å². The summed E-state index contributed by atoms with van der Waals surface area (Å²) in [6, 6.07) is 15.6. The molecule has 0 atom stereocenters. The molecule has 0 saturated heterocycles. The molecule has 0 aliphatic carbocycles. The Bertz CT molecular complexity index is 775. The van der Waals surface area contributed by atoms with E-state index in [9.17, 15) is 4.79 Å². The van der Waals surface area contributed by atoms with Gasteiger partial charge < -0.3 is 15.0 Å². The molecule has 0 fully saturated rings. The number of fused-ring (bicyclic) bond motifs is 1. The van der Waals surface area contributed by atoms with Gasteiger partial charge >= 0.3 is 0 Å². The highest BCUT2D eigenvalue weighted by atomic mass is 16.5. The van der Waals surface area contributed by atoms with Crippen LogP contribution in [-0.4, -0.2) is 24.4 Å². The molecule has 2 N–H and O–H groups in total. The second-order valence-corrected chi connectivity index (χ2v) is 5.12. The van der Waals surface area contributed by atoms with Crippen LogP contribution in [0.25, 0.3) is 10.9 Å². The van der Waals surface area contributed by atoms with Crippen molar-refractivity contribution in [1.29, 1.82) is 0 Å². The van der Waals surface area contributed by atoms with Gasteiger partial charge in [-0.05, 0) is 23.8 Å². The molecule has 0 radical (unpaired) electrons. The van der Waals surface area contributed by atoms with Crippen LogP contribution < -0.4 is 10.1 Å². The summed E-state index contributed by atoms with van der Waals surface area (Å²) in [6.07, 6.45) is 1.78. The Morgan fingerprint density at radius 3 is 2.68 bits per heavy atom. The minimum atomic E-state index is 0.0889. The van der Waals surface area contributed by atoms with Gasteiger partial charge in [0.15, 0.2) is 5.78 Å². The van der Waals surface area contributed by atoms with E-state index in [1.54, 1.807) is 13.3 Å². The van der Waals surface area contributed by atoms with Gasteiger partial charge in [0.1, 0.15) is 5.75 Å². The maximum absolute atomic E-state index is 12.3. The fourth-order valence-corrected chi connectivity index (χ4v) is 2.46. The number of rotatable bonds is 6. The maximum Gasteiger partial charge on any atom is 0.178 e. The number of ketones is 1. The average Bonchev–Trinajstić information content (AvgIpc) is 2.99. The normalized spacial score (nSPS) is 10.8. The molecule has 0 amide bonds. The molecule has 4 nitrogen and oxygen atoms in total. The van der Waals surface area contributed by atoms with Gasteiger partial charge in [-0.25, -0.2) is 0 Å². The molecule has 2 aromatic carbocycles. The summed E-state index contributed by atoms with van der Waals surface area (Å²) < 4.78 is 5.12. The number of aromatic amines is 1. The van der Waals surface area contributed by atoms with Gasteiger partial charge in [0.05, 0.1) is 13.7 Å². The van der Waals surface area contributed by atoms with Gasteiger partial charge in [-0.3, -0.25) is 4.79 Å². The summed E-state index contributed by atoms with van der Waals surface area (Å²) in [5, 5.41) is 4.16. The highest BCUT2D eigenvalue weighted by molar-refractivity contribution is 6.08. The number of carbonyl (C=O) groups is 1. The number of hydrogen-bond donors (Lipinski definition) is 2. The number of hydrogen-bond acceptors (Lipinski definition) is 3. The molecule has 3 rings (SSSR count). The van der Waals surface area contributed by atoms with E-state index in [1.165, 1.54) is 0 Å². The molecule has 0 saturated carbocycles. The van der Waals surface area contributed by atoms with Crippen LogP contribution in [0.3, 0.4) is 0 Å². The molecule has 0 bridgehead atoms. The third kappa shape index (κ3) is 3.02. The third-order valence-electron chi connectivity index (χ3n) is 3.66. The summed E-state index contributed by atoms with van der Waals surface area (Å²) in [7, 11) is 1.65. The number of nitrogens with one attached hydrogen (secondary N) is 2. The quantitative estimate of drug-likeness (QED) is 0.687. The predicted molar refractivity (Wildman–Crippen MR) is 87.3 cm³/mol. The van der Waals surface area contributed by atoms with E-state index in [-0.39, 0.29) is 5.78 Å². The second-order valence-electron chi connectivity index (χ2n) is 5.12. The number of H-pyrrole nitrogens is 1. The van der Waals surface area contributed by atoms with Gasteiger partial charge in [0, 0.05) is 29.2 Å². The number of benzene rings is 2. The zero-order chi connectivity index (χ0) is 15.4. The number of methoxy groups -OCH3 is 1. The van der Waals surface area contributed by atoms with E-state index >= 15 is 0 Å². The van der Waals surface area contributed by atoms with Crippen LogP contribution in [0, 0.1) is 0 Å². The molecular formula is C18H18N2O2. The molecular weight excluding hydrogens is 276 g/mol. The van der Waals surface area contributed by atoms with E-state index in [2.05, 4.69) is 10.3 Å². The van der Waals surface area contributed by atoms with Crippen molar-refractivity contribution in [3.8, 4) is 5.75 Å². The summed E-state index contributed by atoms with van der Waals surface area (Å²) in [4.78, 5) is 15.4. The van der Waals surface area contributed by atoms with E-state index in [0.717, 1.165) is 27.8 Å². The van der Waals surface area contributed by atoms with E-state index in [0.29, 0.717) is 13.1 Å². The Hall–Kier alpha value is -2.59. The van der Waals surface area contributed by atoms with Crippen LogP contribution in [0.2, 0.25) is 0 Å².